The third kappa shape index (κ3) is 2.32. The van der Waals surface area contributed by atoms with Gasteiger partial charge in [-0.15, -0.1) is 0 Å². The Morgan fingerprint density at radius 1 is 1.38 bits per heavy atom. The molecule has 2 aromatic rings. The van der Waals surface area contributed by atoms with E-state index in [0.29, 0.717) is 10.7 Å². The summed E-state index contributed by atoms with van der Waals surface area (Å²) in [5.41, 5.74) is 0.210. The second-order valence-corrected chi connectivity index (χ2v) is 4.27. The van der Waals surface area contributed by atoms with Gasteiger partial charge in [0.05, 0.1) is 0 Å². The second-order valence-electron chi connectivity index (χ2n) is 2.98. The van der Waals surface area contributed by atoms with Crippen LogP contribution in [0, 0.1) is 0 Å². The van der Waals surface area contributed by atoms with Crippen LogP contribution in [0.25, 0.3) is 0 Å². The highest BCUT2D eigenvalue weighted by atomic mass is 35.5. The zero-order valence-corrected chi connectivity index (χ0v) is 9.59. The lowest BCUT2D eigenvalue weighted by Gasteiger charge is -2.04. The fourth-order valence-corrected chi connectivity index (χ4v) is 1.95. The Kier molecular flexibility index (Phi) is 3.07. The van der Waals surface area contributed by atoms with Crippen LogP contribution in [0.4, 0.5) is 10.5 Å². The van der Waals surface area contributed by atoms with E-state index in [1.54, 1.807) is 29.6 Å². The first-order valence-corrected chi connectivity index (χ1v) is 5.62. The largest absolute Gasteiger partial charge is 0.342 e. The van der Waals surface area contributed by atoms with Gasteiger partial charge >= 0.3 is 6.03 Å². The second kappa shape index (κ2) is 4.51. The predicted molar refractivity (Wildman–Crippen MR) is 64.4 cm³/mol. The van der Waals surface area contributed by atoms with E-state index in [0.717, 1.165) is 15.5 Å². The number of amides is 1. The minimum atomic E-state index is -0.484. The molecular formula is C10H7ClN2O2S. The summed E-state index contributed by atoms with van der Waals surface area (Å²) in [5.74, 6) is 0. The number of carbonyl (C=O) groups is 1. The molecule has 0 unspecified atom stereocenters. The number of aromatic nitrogens is 1. The summed E-state index contributed by atoms with van der Waals surface area (Å²) in [7, 11) is 0. The molecule has 0 aliphatic heterocycles. The van der Waals surface area contributed by atoms with Gasteiger partial charge in [-0.25, -0.2) is 4.79 Å². The third-order valence-electron chi connectivity index (χ3n) is 1.84. The van der Waals surface area contributed by atoms with Crippen molar-refractivity contribution >= 4 is 34.9 Å². The average Bonchev–Trinajstić information content (AvgIpc) is 2.64. The first-order chi connectivity index (χ1) is 7.66. The highest BCUT2D eigenvalue weighted by Gasteiger charge is 2.07. The van der Waals surface area contributed by atoms with Crippen LogP contribution in [0.5, 0.6) is 0 Å². The number of carbonyl (C=O) groups excluding carboxylic acids is 1. The summed E-state index contributed by atoms with van der Waals surface area (Å²) in [6, 6.07) is 7.58. The van der Waals surface area contributed by atoms with Crippen molar-refractivity contribution < 1.29 is 4.79 Å². The first kappa shape index (κ1) is 10.9. The van der Waals surface area contributed by atoms with Crippen molar-refractivity contribution in [2.75, 3.05) is 5.32 Å². The molecule has 0 saturated heterocycles. The van der Waals surface area contributed by atoms with Crippen LogP contribution in [0.3, 0.4) is 0 Å². The van der Waals surface area contributed by atoms with Crippen LogP contribution in [-0.4, -0.2) is 9.99 Å². The molecule has 0 aliphatic carbocycles. The number of hydrogen-bond donors (Lipinski definition) is 1. The van der Waals surface area contributed by atoms with Crippen LogP contribution in [0.1, 0.15) is 0 Å². The Labute approximate surface area is 100 Å². The molecular weight excluding hydrogens is 248 g/mol. The number of nitrogens with zero attached hydrogens (tertiary/aromatic N) is 1. The molecule has 0 spiro atoms. The molecule has 1 amide bonds. The number of anilines is 1. The fraction of sp³-hybridized carbons (Fsp3) is 0. The molecule has 0 saturated carbocycles. The summed E-state index contributed by atoms with van der Waals surface area (Å²) in [4.78, 5) is 22.8. The van der Waals surface area contributed by atoms with Gasteiger partial charge < -0.3 is 5.32 Å². The number of hydrogen-bond acceptors (Lipinski definition) is 3. The summed E-state index contributed by atoms with van der Waals surface area (Å²) < 4.78 is 1.03. The summed E-state index contributed by atoms with van der Waals surface area (Å²) in [6.45, 7) is 0. The first-order valence-electron chi connectivity index (χ1n) is 4.41. The smallest absolute Gasteiger partial charge is 0.306 e. The fourth-order valence-electron chi connectivity index (χ4n) is 1.16. The number of nitrogens with one attached hydrogen (secondary N) is 1. The van der Waals surface area contributed by atoms with Gasteiger partial charge in [0.15, 0.2) is 0 Å². The van der Waals surface area contributed by atoms with Crippen molar-refractivity contribution in [1.82, 2.24) is 3.96 Å². The Morgan fingerprint density at radius 3 is 2.81 bits per heavy atom. The maximum Gasteiger partial charge on any atom is 0.342 e. The molecule has 0 atom stereocenters. The SMILES string of the molecule is O=C(Nc1cccc(Cl)c1)n1sccc1=O. The Balaban J connectivity index is 2.20. The van der Waals surface area contributed by atoms with E-state index in [9.17, 15) is 9.59 Å². The van der Waals surface area contributed by atoms with E-state index in [2.05, 4.69) is 5.32 Å². The Hall–Kier alpha value is -1.59. The molecule has 1 aromatic carbocycles. The van der Waals surface area contributed by atoms with Crippen molar-refractivity contribution in [2.24, 2.45) is 0 Å². The molecule has 0 fully saturated rings. The van der Waals surface area contributed by atoms with Crippen molar-refractivity contribution in [3.8, 4) is 0 Å². The van der Waals surface area contributed by atoms with Gasteiger partial charge in [-0.1, -0.05) is 29.2 Å². The van der Waals surface area contributed by atoms with E-state index < -0.39 is 6.03 Å². The number of benzene rings is 1. The van der Waals surface area contributed by atoms with Gasteiger partial charge in [-0.2, -0.15) is 3.96 Å². The molecule has 1 N–H and O–H groups in total. The van der Waals surface area contributed by atoms with E-state index in [1.165, 1.54) is 6.07 Å². The molecule has 0 radical (unpaired) electrons. The lowest BCUT2D eigenvalue weighted by atomic mass is 10.3. The van der Waals surface area contributed by atoms with Crippen molar-refractivity contribution in [3.63, 3.8) is 0 Å². The summed E-state index contributed by atoms with van der Waals surface area (Å²) in [6.07, 6.45) is 0. The Bertz CT molecular complexity index is 576. The quantitative estimate of drug-likeness (QED) is 0.851. The molecule has 82 valence electrons. The molecule has 6 heteroatoms. The maximum atomic E-state index is 11.6. The average molecular weight is 255 g/mol. The van der Waals surface area contributed by atoms with Crippen LogP contribution < -0.4 is 10.9 Å². The van der Waals surface area contributed by atoms with Crippen LogP contribution in [0.2, 0.25) is 5.02 Å². The van der Waals surface area contributed by atoms with Gasteiger partial charge in [-0.3, -0.25) is 4.79 Å². The molecule has 1 aromatic heterocycles. The summed E-state index contributed by atoms with van der Waals surface area (Å²) in [5, 5.41) is 4.66. The minimum Gasteiger partial charge on any atom is -0.306 e. The zero-order chi connectivity index (χ0) is 11.5. The molecule has 4 nitrogen and oxygen atoms in total. The highest BCUT2D eigenvalue weighted by Crippen LogP contribution is 2.15. The lowest BCUT2D eigenvalue weighted by Crippen LogP contribution is -2.25. The number of halogens is 1. The standard InChI is InChI=1S/C10H7ClN2O2S/c11-7-2-1-3-8(6-7)12-10(15)13-9(14)4-5-16-13/h1-6H,(H,12,15). The monoisotopic (exact) mass is 254 g/mol. The molecule has 0 aliphatic rings. The molecule has 2 rings (SSSR count). The highest BCUT2D eigenvalue weighted by molar-refractivity contribution is 7.05. The van der Waals surface area contributed by atoms with E-state index in [4.69, 9.17) is 11.6 Å². The molecule has 0 bridgehead atoms. The van der Waals surface area contributed by atoms with E-state index in [-0.39, 0.29) is 5.56 Å². The lowest BCUT2D eigenvalue weighted by molar-refractivity contribution is 0.255. The molecule has 16 heavy (non-hydrogen) atoms. The van der Waals surface area contributed by atoms with E-state index >= 15 is 0 Å². The van der Waals surface area contributed by atoms with Crippen LogP contribution >= 0.6 is 23.1 Å². The third-order valence-corrected chi connectivity index (χ3v) is 2.89. The Morgan fingerprint density at radius 2 is 2.19 bits per heavy atom. The summed E-state index contributed by atoms with van der Waals surface area (Å²) >= 11 is 6.81. The predicted octanol–water partition coefficient (Wildman–Crippen LogP) is 2.64. The van der Waals surface area contributed by atoms with Gasteiger partial charge in [-0.05, 0) is 18.2 Å². The maximum absolute atomic E-state index is 11.6. The van der Waals surface area contributed by atoms with Crippen molar-refractivity contribution in [3.05, 3.63) is 51.1 Å². The minimum absolute atomic E-state index is 0.343. The van der Waals surface area contributed by atoms with Crippen LogP contribution in [-0.2, 0) is 0 Å². The topological polar surface area (TPSA) is 51.1 Å². The van der Waals surface area contributed by atoms with Crippen molar-refractivity contribution in [1.29, 1.82) is 0 Å². The van der Waals surface area contributed by atoms with Gasteiger partial charge in [0.1, 0.15) is 0 Å². The van der Waals surface area contributed by atoms with Crippen LogP contribution in [0.15, 0.2) is 40.5 Å². The zero-order valence-electron chi connectivity index (χ0n) is 8.01. The normalized spacial score (nSPS) is 10.1. The van der Waals surface area contributed by atoms with Gasteiger partial charge in [0, 0.05) is 22.2 Å². The van der Waals surface area contributed by atoms with E-state index in [1.807, 2.05) is 0 Å². The molecule has 1 heterocycles. The van der Waals surface area contributed by atoms with Gasteiger partial charge in [0.25, 0.3) is 5.56 Å². The number of rotatable bonds is 1. The van der Waals surface area contributed by atoms with Gasteiger partial charge in [0.2, 0.25) is 0 Å². The van der Waals surface area contributed by atoms with Crippen molar-refractivity contribution in [2.45, 2.75) is 0 Å².